The van der Waals surface area contributed by atoms with E-state index in [9.17, 15) is 14.7 Å². The highest BCUT2D eigenvalue weighted by atomic mass is 16.4. The number of carboxylic acid groups (broad SMARTS) is 1. The van der Waals surface area contributed by atoms with Crippen molar-refractivity contribution in [1.29, 1.82) is 0 Å². The van der Waals surface area contributed by atoms with Crippen LogP contribution in [0.4, 0.5) is 0 Å². The molecule has 0 radical (unpaired) electrons. The molecule has 80 valence electrons. The topological polar surface area (TPSA) is 77.8 Å². The van der Waals surface area contributed by atoms with Gasteiger partial charge in [0.15, 0.2) is 0 Å². The van der Waals surface area contributed by atoms with Crippen LogP contribution in [0.15, 0.2) is 0 Å². The van der Waals surface area contributed by atoms with Crippen molar-refractivity contribution in [3.63, 3.8) is 0 Å². The van der Waals surface area contributed by atoms with Crippen molar-refractivity contribution in [3.05, 3.63) is 0 Å². The van der Waals surface area contributed by atoms with Gasteiger partial charge in [0.25, 0.3) is 0 Å². The van der Waals surface area contributed by atoms with Crippen LogP contribution in [-0.2, 0) is 9.59 Å². The Kier molecular flexibility index (Phi) is 3.10. The van der Waals surface area contributed by atoms with Gasteiger partial charge in [0.05, 0.1) is 6.10 Å². The van der Waals surface area contributed by atoms with Crippen molar-refractivity contribution in [1.82, 2.24) is 4.90 Å². The van der Waals surface area contributed by atoms with E-state index in [1.807, 2.05) is 6.92 Å². The van der Waals surface area contributed by atoms with Gasteiger partial charge in [-0.15, -0.1) is 0 Å². The van der Waals surface area contributed by atoms with E-state index in [4.69, 9.17) is 5.11 Å². The summed E-state index contributed by atoms with van der Waals surface area (Å²) < 4.78 is 0. The van der Waals surface area contributed by atoms with E-state index in [1.54, 1.807) is 0 Å². The van der Waals surface area contributed by atoms with E-state index in [0.29, 0.717) is 6.42 Å². The second kappa shape index (κ2) is 3.96. The van der Waals surface area contributed by atoms with Crippen LogP contribution in [0.2, 0.25) is 0 Å². The van der Waals surface area contributed by atoms with Gasteiger partial charge in [0.2, 0.25) is 5.91 Å². The molecule has 1 amide bonds. The predicted octanol–water partition coefficient (Wildman–Crippen LogP) is -0.311. The van der Waals surface area contributed by atoms with Crippen LogP contribution in [0.1, 0.15) is 20.3 Å². The van der Waals surface area contributed by atoms with Gasteiger partial charge in [-0.3, -0.25) is 9.59 Å². The minimum absolute atomic E-state index is 0.0701. The van der Waals surface area contributed by atoms with Gasteiger partial charge in [-0.05, 0) is 20.3 Å². The molecule has 0 saturated carbocycles. The van der Waals surface area contributed by atoms with Gasteiger partial charge >= 0.3 is 5.97 Å². The molecule has 3 unspecified atom stereocenters. The lowest BCUT2D eigenvalue weighted by Crippen LogP contribution is -2.40. The first-order chi connectivity index (χ1) is 6.43. The molecule has 1 aliphatic heterocycles. The highest BCUT2D eigenvalue weighted by Crippen LogP contribution is 2.19. The molecule has 0 aromatic heterocycles. The summed E-state index contributed by atoms with van der Waals surface area (Å²) in [6.45, 7) is 3.42. The third-order valence-electron chi connectivity index (χ3n) is 2.58. The number of hydrogen-bond donors (Lipinski definition) is 2. The van der Waals surface area contributed by atoms with Crippen LogP contribution < -0.4 is 0 Å². The maximum Gasteiger partial charge on any atom is 0.315 e. The number of aliphatic hydroxyl groups is 1. The predicted molar refractivity (Wildman–Crippen MR) is 48.6 cm³/mol. The lowest BCUT2D eigenvalue weighted by atomic mass is 10.1. The van der Waals surface area contributed by atoms with Crippen LogP contribution in [0.25, 0.3) is 0 Å². The number of β-amino-alcohol motifs (C(OH)–C–C–N with tert-alkyl or cyclic N) is 1. The van der Waals surface area contributed by atoms with Gasteiger partial charge < -0.3 is 15.1 Å². The van der Waals surface area contributed by atoms with E-state index in [0.717, 1.165) is 0 Å². The maximum absolute atomic E-state index is 11.6. The molecule has 0 spiro atoms. The molecule has 0 bridgehead atoms. The van der Waals surface area contributed by atoms with Gasteiger partial charge in [0, 0.05) is 12.6 Å². The standard InChI is InChI=1S/C9H15NO4/c1-5-3-7(11)4-10(5)8(12)6(2)9(13)14/h5-7,11H,3-4H2,1-2H3,(H,13,14). The molecule has 5 nitrogen and oxygen atoms in total. The first kappa shape index (κ1) is 11.0. The van der Waals surface area contributed by atoms with E-state index >= 15 is 0 Å². The Hall–Kier alpha value is -1.10. The fraction of sp³-hybridized carbons (Fsp3) is 0.778. The molecule has 1 saturated heterocycles. The van der Waals surface area contributed by atoms with Crippen molar-refractivity contribution in [2.24, 2.45) is 5.92 Å². The van der Waals surface area contributed by atoms with E-state index in [1.165, 1.54) is 11.8 Å². The Bertz CT molecular complexity index is 253. The van der Waals surface area contributed by atoms with Crippen LogP contribution in [0.5, 0.6) is 0 Å². The molecule has 0 aromatic carbocycles. The van der Waals surface area contributed by atoms with Crippen molar-refractivity contribution in [2.75, 3.05) is 6.54 Å². The van der Waals surface area contributed by atoms with Crippen molar-refractivity contribution < 1.29 is 19.8 Å². The number of amides is 1. The summed E-state index contributed by atoms with van der Waals surface area (Å²) in [7, 11) is 0. The highest BCUT2D eigenvalue weighted by molar-refractivity contribution is 5.96. The molecule has 1 aliphatic rings. The fourth-order valence-electron chi connectivity index (χ4n) is 1.66. The average Bonchev–Trinajstić information content (AvgIpc) is 2.42. The van der Waals surface area contributed by atoms with Crippen molar-refractivity contribution >= 4 is 11.9 Å². The number of aliphatic carboxylic acids is 1. The Morgan fingerprint density at radius 1 is 1.50 bits per heavy atom. The molecule has 1 heterocycles. The average molecular weight is 201 g/mol. The van der Waals surface area contributed by atoms with E-state index in [2.05, 4.69) is 0 Å². The first-order valence-electron chi connectivity index (χ1n) is 4.64. The van der Waals surface area contributed by atoms with Crippen LogP contribution in [-0.4, -0.2) is 45.7 Å². The zero-order valence-electron chi connectivity index (χ0n) is 8.30. The number of carbonyl (C=O) groups is 2. The zero-order valence-corrected chi connectivity index (χ0v) is 8.30. The van der Waals surface area contributed by atoms with Gasteiger partial charge in [-0.1, -0.05) is 0 Å². The number of carboxylic acids is 1. The highest BCUT2D eigenvalue weighted by Gasteiger charge is 2.35. The number of rotatable bonds is 2. The number of nitrogens with zero attached hydrogens (tertiary/aromatic N) is 1. The normalized spacial score (nSPS) is 28.9. The maximum atomic E-state index is 11.6. The van der Waals surface area contributed by atoms with Crippen molar-refractivity contribution in [2.45, 2.75) is 32.4 Å². The van der Waals surface area contributed by atoms with Crippen LogP contribution in [0, 0.1) is 5.92 Å². The molecule has 14 heavy (non-hydrogen) atoms. The van der Waals surface area contributed by atoms with Crippen LogP contribution in [0.3, 0.4) is 0 Å². The third-order valence-corrected chi connectivity index (χ3v) is 2.58. The Morgan fingerprint density at radius 2 is 2.07 bits per heavy atom. The quantitative estimate of drug-likeness (QED) is 0.601. The summed E-state index contributed by atoms with van der Waals surface area (Å²) in [6.07, 6.45) is 0.00730. The summed E-state index contributed by atoms with van der Waals surface area (Å²) in [5, 5.41) is 18.0. The molecule has 2 N–H and O–H groups in total. The Labute approximate surface area is 82.3 Å². The number of aliphatic hydroxyl groups excluding tert-OH is 1. The SMILES string of the molecule is CC(C(=O)O)C(=O)N1CC(O)CC1C. The fourth-order valence-corrected chi connectivity index (χ4v) is 1.66. The third kappa shape index (κ3) is 2.04. The summed E-state index contributed by atoms with van der Waals surface area (Å²) in [5.74, 6) is -2.56. The van der Waals surface area contributed by atoms with E-state index < -0.39 is 23.9 Å². The minimum Gasteiger partial charge on any atom is -0.481 e. The lowest BCUT2D eigenvalue weighted by Gasteiger charge is -2.22. The zero-order chi connectivity index (χ0) is 10.9. The Morgan fingerprint density at radius 3 is 2.43 bits per heavy atom. The lowest BCUT2D eigenvalue weighted by molar-refractivity contribution is -0.150. The summed E-state index contributed by atoms with van der Waals surface area (Å²) >= 11 is 0. The largest absolute Gasteiger partial charge is 0.481 e. The van der Waals surface area contributed by atoms with E-state index in [-0.39, 0.29) is 12.6 Å². The number of carbonyl (C=O) groups excluding carboxylic acids is 1. The molecule has 1 fully saturated rings. The molecule has 0 aromatic rings. The monoisotopic (exact) mass is 201 g/mol. The second-order valence-corrected chi connectivity index (χ2v) is 3.79. The minimum atomic E-state index is -1.12. The molecule has 3 atom stereocenters. The molecular formula is C9H15NO4. The Balaban J connectivity index is 2.65. The van der Waals surface area contributed by atoms with Gasteiger partial charge in [-0.2, -0.15) is 0 Å². The van der Waals surface area contributed by atoms with Crippen LogP contribution >= 0.6 is 0 Å². The van der Waals surface area contributed by atoms with Crippen molar-refractivity contribution in [3.8, 4) is 0 Å². The smallest absolute Gasteiger partial charge is 0.315 e. The first-order valence-corrected chi connectivity index (χ1v) is 4.64. The van der Waals surface area contributed by atoms with Gasteiger partial charge in [-0.25, -0.2) is 0 Å². The summed E-state index contributed by atoms with van der Waals surface area (Å²) in [5.41, 5.74) is 0. The molecular weight excluding hydrogens is 186 g/mol. The summed E-state index contributed by atoms with van der Waals surface area (Å²) in [4.78, 5) is 23.6. The molecule has 5 heteroatoms. The number of likely N-dealkylation sites (tertiary alicyclic amines) is 1. The second-order valence-electron chi connectivity index (χ2n) is 3.79. The molecule has 1 rings (SSSR count). The van der Waals surface area contributed by atoms with Gasteiger partial charge in [0.1, 0.15) is 5.92 Å². The summed E-state index contributed by atoms with van der Waals surface area (Å²) in [6, 6.07) is -0.0701. The molecule has 0 aliphatic carbocycles. The number of hydrogen-bond acceptors (Lipinski definition) is 3.